The largest absolute Gasteiger partial charge is 0.461 e. The molecule has 1 aromatic heterocycles. The molecule has 20 heavy (non-hydrogen) atoms. The first-order valence-corrected chi connectivity index (χ1v) is 7.44. The van der Waals surface area contributed by atoms with Gasteiger partial charge < -0.3 is 9.73 Å². The fraction of sp³-hybridized carbons (Fsp3) is 0.471. The van der Waals surface area contributed by atoms with Gasteiger partial charge in [-0.2, -0.15) is 0 Å². The van der Waals surface area contributed by atoms with E-state index in [9.17, 15) is 4.79 Å². The molecule has 1 aromatic carbocycles. The van der Waals surface area contributed by atoms with E-state index < -0.39 is 0 Å². The monoisotopic (exact) mass is 271 g/mol. The molecule has 0 bridgehead atoms. The number of fused-ring (bicyclic) bond motifs is 1. The number of aryl methyl sites for hydroxylation is 1. The van der Waals surface area contributed by atoms with Gasteiger partial charge in [-0.15, -0.1) is 0 Å². The van der Waals surface area contributed by atoms with Gasteiger partial charge in [-0.3, -0.25) is 4.79 Å². The van der Waals surface area contributed by atoms with Gasteiger partial charge in [0.25, 0.3) is 0 Å². The van der Waals surface area contributed by atoms with Crippen LogP contribution in [0, 0.1) is 12.8 Å². The molecule has 1 heterocycles. The highest BCUT2D eigenvalue weighted by atomic mass is 16.3. The minimum Gasteiger partial charge on any atom is -0.461 e. The summed E-state index contributed by atoms with van der Waals surface area (Å²) >= 11 is 0. The number of benzene rings is 1. The van der Waals surface area contributed by atoms with E-state index in [1.807, 2.05) is 19.9 Å². The molecule has 1 aliphatic carbocycles. The lowest BCUT2D eigenvalue weighted by molar-refractivity contribution is -0.121. The average molecular weight is 271 g/mol. The van der Waals surface area contributed by atoms with E-state index in [1.54, 1.807) is 0 Å². The lowest BCUT2D eigenvalue weighted by Crippen LogP contribution is -2.25. The first-order valence-electron chi connectivity index (χ1n) is 7.44. The van der Waals surface area contributed by atoms with Crippen molar-refractivity contribution in [2.24, 2.45) is 5.92 Å². The second-order valence-corrected chi connectivity index (χ2v) is 5.77. The summed E-state index contributed by atoms with van der Waals surface area (Å²) in [5.41, 5.74) is 2.34. The van der Waals surface area contributed by atoms with E-state index in [-0.39, 0.29) is 5.91 Å². The number of hydrogen-bond acceptors (Lipinski definition) is 2. The lowest BCUT2D eigenvalue weighted by atomic mass is 10.0. The normalized spacial score (nSPS) is 21.1. The van der Waals surface area contributed by atoms with Crippen LogP contribution in [0.5, 0.6) is 0 Å². The number of carbonyl (C=O) groups excluding carboxylic acids is 1. The maximum absolute atomic E-state index is 11.5. The molecular formula is C17H21NO2. The highest BCUT2D eigenvalue weighted by Crippen LogP contribution is 2.49. The number of rotatable bonds is 5. The summed E-state index contributed by atoms with van der Waals surface area (Å²) in [4.78, 5) is 11.5. The smallest absolute Gasteiger partial charge is 0.219 e. The van der Waals surface area contributed by atoms with Crippen LogP contribution in [0.1, 0.15) is 43.4 Å². The van der Waals surface area contributed by atoms with E-state index in [4.69, 9.17) is 4.42 Å². The van der Waals surface area contributed by atoms with Crippen LogP contribution in [0.25, 0.3) is 11.0 Å². The SMILES string of the molecule is CCCC(=O)NCC1CC1c1cccc2oc(C)cc12. The van der Waals surface area contributed by atoms with Crippen molar-refractivity contribution in [2.45, 2.75) is 39.0 Å². The van der Waals surface area contributed by atoms with Gasteiger partial charge in [0.05, 0.1) is 0 Å². The quantitative estimate of drug-likeness (QED) is 0.899. The highest BCUT2D eigenvalue weighted by molar-refractivity contribution is 5.83. The Morgan fingerprint density at radius 2 is 2.30 bits per heavy atom. The summed E-state index contributed by atoms with van der Waals surface area (Å²) in [5.74, 6) is 2.28. The molecule has 2 unspecified atom stereocenters. The maximum atomic E-state index is 11.5. The molecule has 0 spiro atoms. The molecule has 0 saturated heterocycles. The first kappa shape index (κ1) is 13.2. The van der Waals surface area contributed by atoms with Crippen molar-refractivity contribution >= 4 is 16.9 Å². The maximum Gasteiger partial charge on any atom is 0.219 e. The molecule has 2 aromatic rings. The topological polar surface area (TPSA) is 42.2 Å². The van der Waals surface area contributed by atoms with Crippen LogP contribution in [0.15, 0.2) is 28.7 Å². The van der Waals surface area contributed by atoms with E-state index >= 15 is 0 Å². The van der Waals surface area contributed by atoms with Crippen LogP contribution < -0.4 is 5.32 Å². The summed E-state index contributed by atoms with van der Waals surface area (Å²) in [7, 11) is 0. The molecule has 3 nitrogen and oxygen atoms in total. The number of hydrogen-bond donors (Lipinski definition) is 1. The molecule has 3 heteroatoms. The van der Waals surface area contributed by atoms with Crippen LogP contribution in [0.2, 0.25) is 0 Å². The number of carbonyl (C=O) groups is 1. The molecule has 1 aliphatic rings. The van der Waals surface area contributed by atoms with Crippen molar-refractivity contribution < 1.29 is 9.21 Å². The van der Waals surface area contributed by atoms with Gasteiger partial charge in [-0.25, -0.2) is 0 Å². The second-order valence-electron chi connectivity index (χ2n) is 5.77. The Balaban J connectivity index is 1.67. The third-order valence-corrected chi connectivity index (χ3v) is 4.08. The molecule has 0 aliphatic heterocycles. The van der Waals surface area contributed by atoms with Gasteiger partial charge in [-0.1, -0.05) is 19.1 Å². The van der Waals surface area contributed by atoms with E-state index in [2.05, 4.69) is 23.5 Å². The molecule has 1 saturated carbocycles. The average Bonchev–Trinajstić information content (AvgIpc) is 3.08. The van der Waals surface area contributed by atoms with Crippen LogP contribution in [0.3, 0.4) is 0 Å². The Morgan fingerprint density at radius 1 is 1.45 bits per heavy atom. The zero-order valence-corrected chi connectivity index (χ0v) is 12.1. The Morgan fingerprint density at radius 3 is 3.10 bits per heavy atom. The molecule has 2 atom stereocenters. The predicted octanol–water partition coefficient (Wildman–Crippen LogP) is 3.76. The van der Waals surface area contributed by atoms with E-state index in [1.165, 1.54) is 10.9 Å². The Kier molecular flexibility index (Phi) is 3.51. The van der Waals surface area contributed by atoms with Crippen molar-refractivity contribution in [3.8, 4) is 0 Å². The van der Waals surface area contributed by atoms with Gasteiger partial charge in [0.15, 0.2) is 0 Å². The Labute approximate surface area is 119 Å². The van der Waals surface area contributed by atoms with Crippen LogP contribution in [-0.4, -0.2) is 12.5 Å². The Hall–Kier alpha value is -1.77. The molecular weight excluding hydrogens is 250 g/mol. The summed E-state index contributed by atoms with van der Waals surface area (Å²) in [6.07, 6.45) is 2.71. The molecule has 106 valence electrons. The van der Waals surface area contributed by atoms with Gasteiger partial charge in [0, 0.05) is 18.4 Å². The van der Waals surface area contributed by atoms with Crippen molar-refractivity contribution in [3.63, 3.8) is 0 Å². The van der Waals surface area contributed by atoms with Gasteiger partial charge in [-0.05, 0) is 49.3 Å². The van der Waals surface area contributed by atoms with Crippen LogP contribution in [0.4, 0.5) is 0 Å². The number of amides is 1. The van der Waals surface area contributed by atoms with Gasteiger partial charge >= 0.3 is 0 Å². The minimum absolute atomic E-state index is 0.176. The lowest BCUT2D eigenvalue weighted by Gasteiger charge is -2.04. The fourth-order valence-electron chi connectivity index (χ4n) is 2.95. The van der Waals surface area contributed by atoms with Gasteiger partial charge in [0.1, 0.15) is 11.3 Å². The van der Waals surface area contributed by atoms with Crippen molar-refractivity contribution in [1.29, 1.82) is 0 Å². The van der Waals surface area contributed by atoms with E-state index in [0.29, 0.717) is 18.3 Å². The molecule has 1 N–H and O–H groups in total. The van der Waals surface area contributed by atoms with Crippen LogP contribution >= 0.6 is 0 Å². The fourth-order valence-corrected chi connectivity index (χ4v) is 2.95. The Bertz CT molecular complexity index is 629. The summed E-state index contributed by atoms with van der Waals surface area (Å²) in [6.45, 7) is 4.82. The van der Waals surface area contributed by atoms with Crippen molar-refractivity contribution in [3.05, 3.63) is 35.6 Å². The predicted molar refractivity (Wildman–Crippen MR) is 79.7 cm³/mol. The second kappa shape index (κ2) is 5.31. The zero-order valence-electron chi connectivity index (χ0n) is 12.1. The molecule has 1 fully saturated rings. The minimum atomic E-state index is 0.176. The van der Waals surface area contributed by atoms with Crippen molar-refractivity contribution in [2.75, 3.05) is 6.54 Å². The summed E-state index contributed by atoms with van der Waals surface area (Å²) in [5, 5.41) is 4.27. The van der Waals surface area contributed by atoms with Gasteiger partial charge in [0.2, 0.25) is 5.91 Å². The zero-order chi connectivity index (χ0) is 14.1. The highest BCUT2D eigenvalue weighted by Gasteiger charge is 2.39. The summed E-state index contributed by atoms with van der Waals surface area (Å²) < 4.78 is 5.68. The third kappa shape index (κ3) is 2.58. The number of furan rings is 1. The third-order valence-electron chi connectivity index (χ3n) is 4.08. The molecule has 1 amide bonds. The molecule has 0 radical (unpaired) electrons. The number of nitrogens with one attached hydrogen (secondary N) is 1. The summed E-state index contributed by atoms with van der Waals surface area (Å²) in [6, 6.07) is 8.39. The first-order chi connectivity index (χ1) is 9.69. The molecule has 3 rings (SSSR count). The van der Waals surface area contributed by atoms with Crippen LogP contribution in [-0.2, 0) is 4.79 Å². The standard InChI is InChI=1S/C17H21NO2/c1-3-5-17(19)18-10-12-9-14(12)13-6-4-7-16-15(13)8-11(2)20-16/h4,6-8,12,14H,3,5,9-10H2,1-2H3,(H,18,19). The van der Waals surface area contributed by atoms with Crippen molar-refractivity contribution in [1.82, 2.24) is 5.32 Å². The van der Waals surface area contributed by atoms with E-state index in [0.717, 1.165) is 30.7 Å².